The first-order valence-corrected chi connectivity index (χ1v) is 9.33. The summed E-state index contributed by atoms with van der Waals surface area (Å²) in [6.45, 7) is 2.27. The van der Waals surface area contributed by atoms with Gasteiger partial charge >= 0.3 is 0 Å². The van der Waals surface area contributed by atoms with Crippen molar-refractivity contribution in [2.75, 3.05) is 19.8 Å². The number of nitrogens with zero attached hydrogens (tertiary/aromatic N) is 1. The fourth-order valence-corrected chi connectivity index (χ4v) is 3.38. The van der Waals surface area contributed by atoms with Crippen LogP contribution in [0.5, 0.6) is 11.6 Å². The fraction of sp³-hybridized carbons (Fsp3) is 0.429. The van der Waals surface area contributed by atoms with Crippen molar-refractivity contribution < 1.29 is 24.5 Å². The van der Waals surface area contributed by atoms with Crippen LogP contribution in [0.15, 0.2) is 48.5 Å². The molecule has 3 N–H and O–H groups in total. The molecule has 3 rings (SSSR count). The minimum Gasteiger partial charge on any atom is -0.484 e. The summed E-state index contributed by atoms with van der Waals surface area (Å²) in [6, 6.07) is 14.6. The molecule has 28 heavy (non-hydrogen) atoms. The molecule has 0 saturated heterocycles. The molecule has 2 aromatic rings. The molecule has 7 heteroatoms. The Morgan fingerprint density at radius 1 is 1.11 bits per heavy atom. The maximum absolute atomic E-state index is 12.2. The summed E-state index contributed by atoms with van der Waals surface area (Å²) in [4.78, 5) is 16.5. The highest BCUT2D eigenvalue weighted by molar-refractivity contribution is 5.77. The molecule has 7 nitrogen and oxygen atoms in total. The quantitative estimate of drug-likeness (QED) is 0.635. The number of carbonyl (C=O) groups is 1. The van der Waals surface area contributed by atoms with E-state index in [0.717, 1.165) is 5.69 Å². The average Bonchev–Trinajstić information content (AvgIpc) is 2.98. The highest BCUT2D eigenvalue weighted by atomic mass is 16.5. The van der Waals surface area contributed by atoms with Gasteiger partial charge in [-0.05, 0) is 38.0 Å². The topological polar surface area (TPSA) is 101 Å². The lowest BCUT2D eigenvalue weighted by molar-refractivity contribution is -0.123. The monoisotopic (exact) mass is 386 g/mol. The average molecular weight is 386 g/mol. The van der Waals surface area contributed by atoms with E-state index < -0.39 is 17.6 Å². The number of rotatable bonds is 8. The molecule has 0 radical (unpaired) electrons. The second-order valence-corrected chi connectivity index (χ2v) is 7.33. The SMILES string of the molecule is Cc1cccc(OCC2(CNC(=O)COc3ccccc3)CC(O)C(O)C2)n1. The number of pyridine rings is 1. The Morgan fingerprint density at radius 3 is 2.50 bits per heavy atom. The summed E-state index contributed by atoms with van der Waals surface area (Å²) in [5.41, 5.74) is 0.261. The molecule has 1 aliphatic carbocycles. The number of nitrogens with one attached hydrogen (secondary N) is 1. The van der Waals surface area contributed by atoms with Crippen LogP contribution >= 0.6 is 0 Å². The molecular weight excluding hydrogens is 360 g/mol. The van der Waals surface area contributed by atoms with Gasteiger partial charge in [-0.1, -0.05) is 24.3 Å². The molecule has 1 aromatic heterocycles. The van der Waals surface area contributed by atoms with Crippen molar-refractivity contribution in [3.63, 3.8) is 0 Å². The minimum absolute atomic E-state index is 0.106. The number of para-hydroxylation sites is 1. The van der Waals surface area contributed by atoms with Crippen LogP contribution < -0.4 is 14.8 Å². The minimum atomic E-state index is -0.841. The van der Waals surface area contributed by atoms with Gasteiger partial charge in [0.1, 0.15) is 5.75 Å². The number of hydrogen-bond donors (Lipinski definition) is 3. The van der Waals surface area contributed by atoms with Crippen molar-refractivity contribution in [1.29, 1.82) is 0 Å². The maximum atomic E-state index is 12.2. The van der Waals surface area contributed by atoms with Crippen LogP contribution in [-0.4, -0.2) is 53.1 Å². The van der Waals surface area contributed by atoms with Crippen molar-refractivity contribution in [1.82, 2.24) is 10.3 Å². The summed E-state index contributed by atoms with van der Waals surface area (Å²) in [6.07, 6.45) is -1.02. The van der Waals surface area contributed by atoms with E-state index in [0.29, 0.717) is 24.5 Å². The molecule has 0 bridgehead atoms. The molecule has 2 unspecified atom stereocenters. The van der Waals surface area contributed by atoms with Gasteiger partial charge in [-0.2, -0.15) is 0 Å². The molecule has 1 aromatic carbocycles. The predicted octanol–water partition coefficient (Wildman–Crippen LogP) is 1.47. The summed E-state index contributed by atoms with van der Waals surface area (Å²) >= 11 is 0. The third kappa shape index (κ3) is 5.43. The number of carbonyl (C=O) groups excluding carboxylic acids is 1. The lowest BCUT2D eigenvalue weighted by Crippen LogP contribution is -2.42. The summed E-state index contributed by atoms with van der Waals surface area (Å²) < 4.78 is 11.3. The summed E-state index contributed by atoms with van der Waals surface area (Å²) in [7, 11) is 0. The van der Waals surface area contributed by atoms with E-state index in [-0.39, 0.29) is 25.7 Å². The van der Waals surface area contributed by atoms with Gasteiger partial charge in [0.2, 0.25) is 5.88 Å². The van der Waals surface area contributed by atoms with E-state index in [1.54, 1.807) is 18.2 Å². The highest BCUT2D eigenvalue weighted by Crippen LogP contribution is 2.38. The van der Waals surface area contributed by atoms with Crippen LogP contribution in [0.1, 0.15) is 18.5 Å². The van der Waals surface area contributed by atoms with E-state index in [1.807, 2.05) is 37.3 Å². The van der Waals surface area contributed by atoms with Crippen LogP contribution in [0.3, 0.4) is 0 Å². The molecule has 1 amide bonds. The number of aliphatic hydroxyl groups excluding tert-OH is 2. The molecule has 1 aliphatic rings. The van der Waals surface area contributed by atoms with Gasteiger partial charge in [0, 0.05) is 23.7 Å². The van der Waals surface area contributed by atoms with Crippen LogP contribution in [0.2, 0.25) is 0 Å². The maximum Gasteiger partial charge on any atom is 0.257 e. The van der Waals surface area contributed by atoms with Crippen molar-refractivity contribution in [3.05, 3.63) is 54.2 Å². The Labute approximate surface area is 164 Å². The van der Waals surface area contributed by atoms with Crippen molar-refractivity contribution in [3.8, 4) is 11.6 Å². The number of ether oxygens (including phenoxy) is 2. The van der Waals surface area contributed by atoms with Gasteiger partial charge in [0.25, 0.3) is 5.91 Å². The first kappa shape index (κ1) is 20.1. The Morgan fingerprint density at radius 2 is 1.82 bits per heavy atom. The van der Waals surface area contributed by atoms with Crippen LogP contribution in [0, 0.1) is 12.3 Å². The molecule has 150 valence electrons. The number of hydrogen-bond acceptors (Lipinski definition) is 6. The Bertz CT molecular complexity index is 773. The normalized spacial score (nSPS) is 24.0. The smallest absolute Gasteiger partial charge is 0.257 e. The van der Waals surface area contributed by atoms with E-state index in [1.165, 1.54) is 0 Å². The number of aliphatic hydroxyl groups is 2. The van der Waals surface area contributed by atoms with Gasteiger partial charge in [-0.3, -0.25) is 4.79 Å². The van der Waals surface area contributed by atoms with Gasteiger partial charge < -0.3 is 25.0 Å². The molecule has 1 heterocycles. The molecule has 0 aliphatic heterocycles. The highest BCUT2D eigenvalue weighted by Gasteiger charge is 2.45. The zero-order valence-corrected chi connectivity index (χ0v) is 15.9. The molecular formula is C21H26N2O5. The third-order valence-electron chi connectivity index (χ3n) is 4.89. The number of amides is 1. The van der Waals surface area contributed by atoms with Crippen molar-refractivity contribution in [2.45, 2.75) is 32.0 Å². The number of benzene rings is 1. The van der Waals surface area contributed by atoms with E-state index in [4.69, 9.17) is 9.47 Å². The van der Waals surface area contributed by atoms with Crippen molar-refractivity contribution >= 4 is 5.91 Å². The molecule has 0 spiro atoms. The Hall–Kier alpha value is -2.64. The zero-order chi connectivity index (χ0) is 20.0. The molecule has 1 saturated carbocycles. The number of aryl methyl sites for hydroxylation is 1. The van der Waals surface area contributed by atoms with Crippen LogP contribution in [-0.2, 0) is 4.79 Å². The largest absolute Gasteiger partial charge is 0.484 e. The Balaban J connectivity index is 1.56. The lowest BCUT2D eigenvalue weighted by Gasteiger charge is -2.29. The first-order valence-electron chi connectivity index (χ1n) is 9.33. The first-order chi connectivity index (χ1) is 13.5. The molecule has 1 fully saturated rings. The zero-order valence-electron chi connectivity index (χ0n) is 15.9. The summed E-state index contributed by atoms with van der Waals surface area (Å²) in [5, 5.41) is 22.9. The molecule has 2 atom stereocenters. The predicted molar refractivity (Wildman–Crippen MR) is 103 cm³/mol. The van der Waals surface area contributed by atoms with Gasteiger partial charge in [-0.15, -0.1) is 0 Å². The van der Waals surface area contributed by atoms with Gasteiger partial charge in [0.15, 0.2) is 6.61 Å². The van der Waals surface area contributed by atoms with Crippen LogP contribution in [0.25, 0.3) is 0 Å². The van der Waals surface area contributed by atoms with E-state index in [2.05, 4.69) is 10.3 Å². The van der Waals surface area contributed by atoms with Gasteiger partial charge in [0.05, 0.1) is 18.8 Å². The van der Waals surface area contributed by atoms with E-state index in [9.17, 15) is 15.0 Å². The second kappa shape index (κ2) is 9.03. The van der Waals surface area contributed by atoms with E-state index >= 15 is 0 Å². The standard InChI is InChI=1S/C21H26N2O5/c1-15-6-5-9-20(23-15)28-14-21(10-17(24)18(25)11-21)13-22-19(26)12-27-16-7-3-2-4-8-16/h2-9,17-18,24-25H,10-14H2,1H3,(H,22,26). The summed E-state index contributed by atoms with van der Waals surface area (Å²) in [5.74, 6) is 0.828. The van der Waals surface area contributed by atoms with Crippen LogP contribution in [0.4, 0.5) is 0 Å². The Kier molecular flexibility index (Phi) is 6.49. The third-order valence-corrected chi connectivity index (χ3v) is 4.89. The fourth-order valence-electron chi connectivity index (χ4n) is 3.38. The number of aromatic nitrogens is 1. The van der Waals surface area contributed by atoms with Crippen molar-refractivity contribution in [2.24, 2.45) is 5.41 Å². The lowest BCUT2D eigenvalue weighted by atomic mass is 9.86. The van der Waals surface area contributed by atoms with Gasteiger partial charge in [-0.25, -0.2) is 4.98 Å². The second-order valence-electron chi connectivity index (χ2n) is 7.33.